The van der Waals surface area contributed by atoms with Crippen molar-refractivity contribution in [3.05, 3.63) is 52.5 Å². The number of hydrogen-bond donors (Lipinski definition) is 1. The average molecular weight is 256 g/mol. The van der Waals surface area contributed by atoms with Gasteiger partial charge in [0, 0.05) is 12.6 Å². The summed E-state index contributed by atoms with van der Waals surface area (Å²) in [6, 6.07) is 5.16. The molecule has 0 aromatic heterocycles. The van der Waals surface area contributed by atoms with Crippen LogP contribution in [0.4, 0.5) is 0 Å². The van der Waals surface area contributed by atoms with Gasteiger partial charge in [-0.15, -0.1) is 6.58 Å². The van der Waals surface area contributed by atoms with E-state index in [1.54, 1.807) is 30.4 Å². The van der Waals surface area contributed by atoms with Crippen LogP contribution in [0.15, 0.2) is 36.9 Å². The van der Waals surface area contributed by atoms with E-state index < -0.39 is 0 Å². The van der Waals surface area contributed by atoms with Crippen LogP contribution < -0.4 is 5.32 Å². The molecule has 0 unspecified atom stereocenters. The zero-order valence-corrected chi connectivity index (χ0v) is 10.1. The fraction of sp³-hybridized carbons (Fsp3) is 0.0833. The first-order valence-corrected chi connectivity index (χ1v) is 5.41. The summed E-state index contributed by atoms with van der Waals surface area (Å²) in [7, 11) is 0. The van der Waals surface area contributed by atoms with Crippen molar-refractivity contribution in [3.63, 3.8) is 0 Å². The molecule has 0 atom stereocenters. The van der Waals surface area contributed by atoms with Crippen molar-refractivity contribution in [2.45, 2.75) is 0 Å². The molecule has 2 nitrogen and oxygen atoms in total. The number of hydrogen-bond acceptors (Lipinski definition) is 1. The molecule has 0 spiro atoms. The summed E-state index contributed by atoms with van der Waals surface area (Å²) in [6.07, 6.45) is 4.72. The Morgan fingerprint density at radius 3 is 2.75 bits per heavy atom. The Bertz CT molecular complexity index is 427. The number of rotatable bonds is 4. The zero-order chi connectivity index (χ0) is 12.0. The second-order valence-electron chi connectivity index (χ2n) is 3.04. The van der Waals surface area contributed by atoms with E-state index in [0.29, 0.717) is 16.6 Å². The van der Waals surface area contributed by atoms with Gasteiger partial charge in [-0.2, -0.15) is 0 Å². The van der Waals surface area contributed by atoms with Gasteiger partial charge in [0.1, 0.15) is 0 Å². The first-order valence-electron chi connectivity index (χ1n) is 4.65. The van der Waals surface area contributed by atoms with Gasteiger partial charge in [0.25, 0.3) is 0 Å². The summed E-state index contributed by atoms with van der Waals surface area (Å²) in [4.78, 5) is 11.2. The Labute approximate surface area is 105 Å². The lowest BCUT2D eigenvalue weighted by molar-refractivity contribution is -0.116. The largest absolute Gasteiger partial charge is 0.349 e. The van der Waals surface area contributed by atoms with Gasteiger partial charge in [-0.1, -0.05) is 35.3 Å². The molecule has 0 radical (unpaired) electrons. The predicted octanol–water partition coefficient (Wildman–Crippen LogP) is 3.31. The maximum atomic E-state index is 11.2. The third-order valence-electron chi connectivity index (χ3n) is 1.79. The van der Waals surface area contributed by atoms with Crippen molar-refractivity contribution in [2.24, 2.45) is 0 Å². The summed E-state index contributed by atoms with van der Waals surface area (Å²) in [5.41, 5.74) is 0.822. The molecule has 0 saturated carbocycles. The lowest BCUT2D eigenvalue weighted by Gasteiger charge is -1.98. The Hall–Kier alpha value is -1.25. The smallest absolute Gasteiger partial charge is 0.244 e. The zero-order valence-electron chi connectivity index (χ0n) is 8.54. The highest BCUT2D eigenvalue weighted by atomic mass is 35.5. The van der Waals surface area contributed by atoms with Gasteiger partial charge in [0.05, 0.1) is 10.0 Å². The summed E-state index contributed by atoms with van der Waals surface area (Å²) >= 11 is 11.6. The molecular formula is C12H11Cl2NO. The Morgan fingerprint density at radius 1 is 1.38 bits per heavy atom. The summed E-state index contributed by atoms with van der Waals surface area (Å²) in [5, 5.41) is 3.59. The van der Waals surface area contributed by atoms with Crippen LogP contribution in [-0.4, -0.2) is 12.5 Å². The molecule has 16 heavy (non-hydrogen) atoms. The van der Waals surface area contributed by atoms with Crippen molar-refractivity contribution in [2.75, 3.05) is 6.54 Å². The number of carbonyl (C=O) groups excluding carboxylic acids is 1. The quantitative estimate of drug-likeness (QED) is 0.649. The minimum Gasteiger partial charge on any atom is -0.349 e. The van der Waals surface area contributed by atoms with Gasteiger partial charge in [0.15, 0.2) is 0 Å². The molecule has 1 N–H and O–H groups in total. The summed E-state index contributed by atoms with van der Waals surface area (Å²) in [6.45, 7) is 3.95. The SMILES string of the molecule is C=CCNC(=O)C=Cc1ccc(Cl)c(Cl)c1. The summed E-state index contributed by atoms with van der Waals surface area (Å²) in [5.74, 6) is -0.175. The van der Waals surface area contributed by atoms with Gasteiger partial charge in [0.2, 0.25) is 5.91 Å². The Morgan fingerprint density at radius 2 is 2.12 bits per heavy atom. The maximum Gasteiger partial charge on any atom is 0.244 e. The van der Waals surface area contributed by atoms with Crippen molar-refractivity contribution in [1.29, 1.82) is 0 Å². The van der Waals surface area contributed by atoms with Crippen LogP contribution in [0.1, 0.15) is 5.56 Å². The van der Waals surface area contributed by atoms with Gasteiger partial charge in [-0.25, -0.2) is 0 Å². The molecule has 84 valence electrons. The van der Waals surface area contributed by atoms with E-state index in [1.807, 2.05) is 0 Å². The molecule has 0 bridgehead atoms. The molecule has 0 saturated heterocycles. The molecule has 4 heteroatoms. The van der Waals surface area contributed by atoms with E-state index in [2.05, 4.69) is 11.9 Å². The molecule has 0 aliphatic heterocycles. The first kappa shape index (κ1) is 12.8. The van der Waals surface area contributed by atoms with Gasteiger partial charge in [-0.05, 0) is 23.8 Å². The molecule has 1 aromatic rings. The molecule has 0 fully saturated rings. The molecule has 1 rings (SSSR count). The van der Waals surface area contributed by atoms with Crippen LogP contribution in [0.2, 0.25) is 10.0 Å². The van der Waals surface area contributed by atoms with Crippen molar-refractivity contribution in [1.82, 2.24) is 5.32 Å². The second-order valence-corrected chi connectivity index (χ2v) is 3.86. The lowest BCUT2D eigenvalue weighted by atomic mass is 10.2. The lowest BCUT2D eigenvalue weighted by Crippen LogP contribution is -2.20. The number of benzene rings is 1. The van der Waals surface area contributed by atoms with E-state index in [1.165, 1.54) is 6.08 Å². The van der Waals surface area contributed by atoms with E-state index >= 15 is 0 Å². The van der Waals surface area contributed by atoms with Gasteiger partial charge in [-0.3, -0.25) is 4.79 Å². The predicted molar refractivity (Wildman–Crippen MR) is 68.7 cm³/mol. The van der Waals surface area contributed by atoms with Crippen LogP contribution in [0.5, 0.6) is 0 Å². The average Bonchev–Trinajstić information content (AvgIpc) is 2.28. The summed E-state index contributed by atoms with van der Waals surface area (Å²) < 4.78 is 0. The fourth-order valence-corrected chi connectivity index (χ4v) is 1.33. The van der Waals surface area contributed by atoms with Crippen LogP contribution in [0, 0.1) is 0 Å². The van der Waals surface area contributed by atoms with E-state index in [9.17, 15) is 4.79 Å². The highest BCUT2D eigenvalue weighted by Gasteiger charge is 1.97. The third kappa shape index (κ3) is 4.09. The Kier molecular flexibility index (Phi) is 5.09. The van der Waals surface area contributed by atoms with Crippen molar-refractivity contribution in [3.8, 4) is 0 Å². The monoisotopic (exact) mass is 255 g/mol. The van der Waals surface area contributed by atoms with E-state index in [-0.39, 0.29) is 5.91 Å². The van der Waals surface area contributed by atoms with E-state index in [4.69, 9.17) is 23.2 Å². The number of amides is 1. The highest BCUT2D eigenvalue weighted by Crippen LogP contribution is 2.22. The second kappa shape index (κ2) is 6.36. The van der Waals surface area contributed by atoms with Gasteiger partial charge >= 0.3 is 0 Å². The number of halogens is 2. The minimum atomic E-state index is -0.175. The first-order chi connectivity index (χ1) is 7.63. The molecule has 0 aliphatic carbocycles. The van der Waals surface area contributed by atoms with Crippen LogP contribution in [-0.2, 0) is 4.79 Å². The molecule has 0 heterocycles. The van der Waals surface area contributed by atoms with E-state index in [0.717, 1.165) is 5.56 Å². The minimum absolute atomic E-state index is 0.175. The number of nitrogens with one attached hydrogen (secondary N) is 1. The third-order valence-corrected chi connectivity index (χ3v) is 2.53. The van der Waals surface area contributed by atoms with Crippen LogP contribution >= 0.6 is 23.2 Å². The number of carbonyl (C=O) groups is 1. The van der Waals surface area contributed by atoms with Crippen LogP contribution in [0.25, 0.3) is 6.08 Å². The fourth-order valence-electron chi connectivity index (χ4n) is 1.02. The highest BCUT2D eigenvalue weighted by molar-refractivity contribution is 6.42. The van der Waals surface area contributed by atoms with Crippen molar-refractivity contribution >= 4 is 35.2 Å². The molecule has 1 aromatic carbocycles. The normalized spacial score (nSPS) is 10.4. The molecule has 1 amide bonds. The maximum absolute atomic E-state index is 11.2. The topological polar surface area (TPSA) is 29.1 Å². The Balaban J connectivity index is 2.65. The van der Waals surface area contributed by atoms with Gasteiger partial charge < -0.3 is 5.32 Å². The standard InChI is InChI=1S/C12H11Cl2NO/c1-2-7-15-12(16)6-4-9-3-5-10(13)11(14)8-9/h2-6,8H,1,7H2,(H,15,16). The van der Waals surface area contributed by atoms with Crippen molar-refractivity contribution < 1.29 is 4.79 Å². The van der Waals surface area contributed by atoms with Crippen LogP contribution in [0.3, 0.4) is 0 Å². The molecular weight excluding hydrogens is 245 g/mol. The molecule has 0 aliphatic rings.